The molecule has 4 N–H and O–H groups in total. The van der Waals surface area contributed by atoms with E-state index in [-0.39, 0.29) is 29.1 Å². The van der Waals surface area contributed by atoms with Gasteiger partial charge in [0, 0.05) is 6.54 Å². The molecule has 0 aromatic carbocycles. The summed E-state index contributed by atoms with van der Waals surface area (Å²) in [5, 5.41) is 5.63. The van der Waals surface area contributed by atoms with Gasteiger partial charge in [-0.05, 0) is 67.6 Å². The summed E-state index contributed by atoms with van der Waals surface area (Å²) >= 11 is 0. The SMILES string of the molecule is CC1(OC(=O)NC(C(=O)N2C[C@H]3[C@@H]([C@H]2C(=O)NC(CC2CCC2)C(=O)C(N)=O)C3(C)C)C(C)(C)C)CCCCC1. The molecule has 1 aliphatic heterocycles. The van der Waals surface area contributed by atoms with Crippen molar-refractivity contribution in [3.8, 4) is 0 Å². The van der Waals surface area contributed by atoms with Crippen molar-refractivity contribution in [1.29, 1.82) is 0 Å². The van der Waals surface area contributed by atoms with E-state index in [1.165, 1.54) is 0 Å². The third-order valence-corrected chi connectivity index (χ3v) is 10.1. The van der Waals surface area contributed by atoms with E-state index >= 15 is 0 Å². The van der Waals surface area contributed by atoms with Gasteiger partial charge in [0.15, 0.2) is 0 Å². The van der Waals surface area contributed by atoms with E-state index in [1.54, 1.807) is 4.90 Å². The van der Waals surface area contributed by atoms with Crippen molar-refractivity contribution in [3.05, 3.63) is 0 Å². The van der Waals surface area contributed by atoms with Crippen LogP contribution < -0.4 is 16.4 Å². The highest BCUT2D eigenvalue weighted by Gasteiger charge is 2.70. The molecule has 4 aliphatic rings. The lowest BCUT2D eigenvalue weighted by Gasteiger charge is -2.39. The Morgan fingerprint density at radius 3 is 2.12 bits per heavy atom. The third kappa shape index (κ3) is 6.15. The average molecular weight is 561 g/mol. The van der Waals surface area contributed by atoms with E-state index in [9.17, 15) is 24.0 Å². The van der Waals surface area contributed by atoms with Gasteiger partial charge >= 0.3 is 6.09 Å². The fourth-order valence-electron chi connectivity index (χ4n) is 7.12. The zero-order valence-corrected chi connectivity index (χ0v) is 25.0. The molecule has 3 aliphatic carbocycles. The van der Waals surface area contributed by atoms with Crippen LogP contribution in [0.15, 0.2) is 0 Å². The molecule has 3 saturated carbocycles. The number of carbonyl (C=O) groups is 5. The van der Waals surface area contributed by atoms with Crippen molar-refractivity contribution in [2.75, 3.05) is 6.54 Å². The van der Waals surface area contributed by atoms with Crippen LogP contribution in [-0.2, 0) is 23.9 Å². The first-order valence-electron chi connectivity index (χ1n) is 15.0. The smallest absolute Gasteiger partial charge is 0.408 e. The fourth-order valence-corrected chi connectivity index (χ4v) is 7.12. The maximum atomic E-state index is 14.1. The highest BCUT2D eigenvalue weighted by molar-refractivity contribution is 6.37. The predicted octanol–water partition coefficient (Wildman–Crippen LogP) is 3.06. The summed E-state index contributed by atoms with van der Waals surface area (Å²) in [5.41, 5.74) is 3.96. The topological polar surface area (TPSA) is 148 Å². The van der Waals surface area contributed by atoms with Gasteiger partial charge in [-0.15, -0.1) is 0 Å². The van der Waals surface area contributed by atoms with Crippen molar-refractivity contribution in [2.45, 2.75) is 123 Å². The Bertz CT molecular complexity index is 1040. The highest BCUT2D eigenvalue weighted by atomic mass is 16.6. The zero-order valence-electron chi connectivity index (χ0n) is 25.0. The molecule has 5 atom stereocenters. The van der Waals surface area contributed by atoms with Gasteiger partial charge in [-0.3, -0.25) is 19.2 Å². The normalized spacial score (nSPS) is 28.4. The van der Waals surface area contributed by atoms with Crippen molar-refractivity contribution in [3.63, 3.8) is 0 Å². The molecule has 10 heteroatoms. The first-order valence-corrected chi connectivity index (χ1v) is 15.0. The molecule has 1 heterocycles. The van der Waals surface area contributed by atoms with Crippen molar-refractivity contribution in [1.82, 2.24) is 15.5 Å². The van der Waals surface area contributed by atoms with Gasteiger partial charge in [-0.25, -0.2) is 4.79 Å². The number of ether oxygens (including phenoxy) is 1. The van der Waals surface area contributed by atoms with Crippen LogP contribution in [0.4, 0.5) is 4.79 Å². The van der Waals surface area contributed by atoms with Gasteiger partial charge in [0.1, 0.15) is 17.7 Å². The lowest BCUT2D eigenvalue weighted by molar-refractivity contribution is -0.145. The lowest BCUT2D eigenvalue weighted by Crippen LogP contribution is -2.61. The molecule has 0 bridgehead atoms. The van der Waals surface area contributed by atoms with Gasteiger partial charge in [-0.1, -0.05) is 60.3 Å². The molecule has 4 rings (SSSR count). The molecule has 2 unspecified atom stereocenters. The van der Waals surface area contributed by atoms with E-state index < -0.39 is 52.8 Å². The highest BCUT2D eigenvalue weighted by Crippen LogP contribution is 2.65. The number of amides is 4. The van der Waals surface area contributed by atoms with Crippen LogP contribution in [0.5, 0.6) is 0 Å². The Labute approximate surface area is 237 Å². The molecule has 4 amide bonds. The van der Waals surface area contributed by atoms with Crippen LogP contribution in [0.25, 0.3) is 0 Å². The molecule has 0 spiro atoms. The molecule has 0 aromatic heterocycles. The number of primary amides is 1. The van der Waals surface area contributed by atoms with E-state index in [4.69, 9.17) is 10.5 Å². The molecule has 0 radical (unpaired) electrons. The molecule has 4 fully saturated rings. The Kier molecular flexibility index (Phi) is 8.31. The van der Waals surface area contributed by atoms with E-state index in [0.717, 1.165) is 51.4 Å². The van der Waals surface area contributed by atoms with Crippen molar-refractivity contribution >= 4 is 29.6 Å². The Morgan fingerprint density at radius 1 is 0.975 bits per heavy atom. The summed E-state index contributed by atoms with van der Waals surface area (Å²) in [6.45, 7) is 12.1. The van der Waals surface area contributed by atoms with Crippen LogP contribution in [0.1, 0.15) is 99.3 Å². The van der Waals surface area contributed by atoms with Gasteiger partial charge in [0.25, 0.3) is 5.91 Å². The van der Waals surface area contributed by atoms with Crippen LogP contribution in [0.2, 0.25) is 0 Å². The molecule has 10 nitrogen and oxygen atoms in total. The Hall–Kier alpha value is -2.65. The van der Waals surface area contributed by atoms with Gasteiger partial charge in [-0.2, -0.15) is 0 Å². The number of hydrogen-bond acceptors (Lipinski definition) is 6. The van der Waals surface area contributed by atoms with Crippen LogP contribution in [0, 0.1) is 28.6 Å². The number of piperidine rings is 1. The minimum absolute atomic E-state index is 0.0850. The number of nitrogens with two attached hydrogens (primary N) is 1. The number of Topliss-reactive ketones (excluding diaryl/α,β-unsaturated/α-hetero) is 1. The monoisotopic (exact) mass is 560 g/mol. The first kappa shape index (κ1) is 30.3. The quantitative estimate of drug-likeness (QED) is 0.369. The Morgan fingerprint density at radius 2 is 1.60 bits per heavy atom. The largest absolute Gasteiger partial charge is 0.443 e. The first-order chi connectivity index (χ1) is 18.5. The summed E-state index contributed by atoms with van der Waals surface area (Å²) < 4.78 is 5.83. The van der Waals surface area contributed by atoms with Crippen LogP contribution >= 0.6 is 0 Å². The molecule has 40 heavy (non-hydrogen) atoms. The minimum atomic E-state index is -1.07. The Balaban J connectivity index is 1.52. The number of alkyl carbamates (subject to hydrolysis) is 1. The van der Waals surface area contributed by atoms with E-state index in [2.05, 4.69) is 24.5 Å². The standard InChI is InChI=1S/C30H48N4O6/c1-28(2,3)23(33-27(39)40-30(6)13-8-7-9-14-30)26(38)34-16-18-20(29(18,4)5)21(34)25(37)32-19(22(35)24(31)36)15-17-11-10-12-17/h17-21,23H,7-16H2,1-6H3,(H2,31,36)(H,32,37)(H,33,39)/t18-,19?,20-,21-,23?/m0/s1. The second-order valence-corrected chi connectivity index (χ2v) is 14.6. The molecule has 0 aromatic rings. The summed E-state index contributed by atoms with van der Waals surface area (Å²) in [6.07, 6.45) is 7.36. The lowest BCUT2D eigenvalue weighted by atomic mass is 9.80. The van der Waals surface area contributed by atoms with E-state index in [0.29, 0.717) is 13.0 Å². The summed E-state index contributed by atoms with van der Waals surface area (Å²) in [4.78, 5) is 66.9. The van der Waals surface area contributed by atoms with E-state index in [1.807, 2.05) is 27.7 Å². The fraction of sp³-hybridized carbons (Fsp3) is 0.833. The molecular formula is C30H48N4O6. The second-order valence-electron chi connectivity index (χ2n) is 14.6. The van der Waals surface area contributed by atoms with Gasteiger partial charge in [0.2, 0.25) is 17.6 Å². The van der Waals surface area contributed by atoms with Crippen molar-refractivity contribution in [2.24, 2.45) is 34.3 Å². The molecule has 1 saturated heterocycles. The molecule has 224 valence electrons. The average Bonchev–Trinajstić information content (AvgIpc) is 3.14. The maximum Gasteiger partial charge on any atom is 0.408 e. The number of likely N-dealkylation sites (tertiary alicyclic amines) is 1. The number of nitrogens with zero attached hydrogens (tertiary/aromatic N) is 1. The maximum absolute atomic E-state index is 14.1. The minimum Gasteiger partial charge on any atom is -0.443 e. The van der Waals surface area contributed by atoms with Gasteiger partial charge in [0.05, 0.1) is 6.04 Å². The summed E-state index contributed by atoms with van der Waals surface area (Å²) in [6, 6.07) is -2.73. The summed E-state index contributed by atoms with van der Waals surface area (Å²) in [7, 11) is 0. The number of nitrogens with one attached hydrogen (secondary N) is 2. The second kappa shape index (κ2) is 11.0. The zero-order chi connectivity index (χ0) is 29.6. The summed E-state index contributed by atoms with van der Waals surface area (Å²) in [5.74, 6) is -2.39. The van der Waals surface area contributed by atoms with Crippen LogP contribution in [0.3, 0.4) is 0 Å². The van der Waals surface area contributed by atoms with Crippen molar-refractivity contribution < 1.29 is 28.7 Å². The predicted molar refractivity (Wildman–Crippen MR) is 149 cm³/mol. The number of hydrogen-bond donors (Lipinski definition) is 3. The molecular weight excluding hydrogens is 512 g/mol. The van der Waals surface area contributed by atoms with Crippen LogP contribution in [-0.4, -0.2) is 64.8 Å². The third-order valence-electron chi connectivity index (χ3n) is 10.1. The van der Waals surface area contributed by atoms with Gasteiger partial charge < -0.3 is 26.0 Å². The number of ketones is 1. The number of rotatable bonds is 9. The number of carbonyl (C=O) groups excluding carboxylic acids is 5. The number of fused-ring (bicyclic) bond motifs is 1.